The van der Waals surface area contributed by atoms with Gasteiger partial charge in [0.05, 0.1) is 5.92 Å². The molecule has 5 heteroatoms. The average molecular weight is 366 g/mol. The van der Waals surface area contributed by atoms with Gasteiger partial charge in [0, 0.05) is 36.6 Å². The molecule has 0 aliphatic carbocycles. The second-order valence-corrected chi connectivity index (χ2v) is 7.76. The molecule has 2 aromatic rings. The second kappa shape index (κ2) is 7.16. The van der Waals surface area contributed by atoms with Gasteiger partial charge in [-0.2, -0.15) is 0 Å². The predicted octanol–water partition coefficient (Wildman–Crippen LogP) is 3.35. The van der Waals surface area contributed by atoms with Crippen molar-refractivity contribution in [3.8, 4) is 0 Å². The quantitative estimate of drug-likeness (QED) is 0.782. The molecular weight excluding hydrogens is 344 g/mol. The van der Waals surface area contributed by atoms with Gasteiger partial charge < -0.3 is 9.80 Å². The van der Waals surface area contributed by atoms with Gasteiger partial charge in [-0.05, 0) is 48.1 Å². The first-order valence-corrected chi connectivity index (χ1v) is 10.2. The van der Waals surface area contributed by atoms with E-state index < -0.39 is 0 Å². The molecule has 4 nitrogen and oxygen atoms in total. The number of fused-ring (bicyclic) bond motifs is 1. The summed E-state index contributed by atoms with van der Waals surface area (Å²) in [4.78, 5) is 30.3. The number of thioether (sulfide) groups is 1. The highest BCUT2D eigenvalue weighted by Crippen LogP contribution is 2.29. The van der Waals surface area contributed by atoms with E-state index >= 15 is 0 Å². The minimum atomic E-state index is -0.243. The van der Waals surface area contributed by atoms with Gasteiger partial charge in [0.2, 0.25) is 11.8 Å². The van der Waals surface area contributed by atoms with Gasteiger partial charge >= 0.3 is 0 Å². The average Bonchev–Trinajstić information content (AvgIpc) is 3.08. The molecule has 1 saturated heterocycles. The molecule has 0 radical (unpaired) electrons. The summed E-state index contributed by atoms with van der Waals surface area (Å²) >= 11 is 1.68. The Balaban J connectivity index is 1.45. The number of amides is 2. The molecule has 134 valence electrons. The Morgan fingerprint density at radius 2 is 1.81 bits per heavy atom. The smallest absolute Gasteiger partial charge is 0.228 e. The molecule has 0 N–H and O–H groups in total. The molecular formula is C21H22N2O2S. The van der Waals surface area contributed by atoms with Crippen molar-refractivity contribution in [1.29, 1.82) is 0 Å². The molecule has 1 unspecified atom stereocenters. The van der Waals surface area contributed by atoms with Gasteiger partial charge in [-0.25, -0.2) is 0 Å². The molecule has 2 aromatic carbocycles. The van der Waals surface area contributed by atoms with E-state index in [1.807, 2.05) is 47.6 Å². The maximum Gasteiger partial charge on any atom is 0.228 e. The van der Waals surface area contributed by atoms with Crippen molar-refractivity contribution in [3.05, 3.63) is 59.7 Å². The number of benzene rings is 2. The van der Waals surface area contributed by atoms with Crippen LogP contribution in [0.15, 0.2) is 53.4 Å². The number of rotatable bonds is 3. The van der Waals surface area contributed by atoms with E-state index in [-0.39, 0.29) is 17.7 Å². The Kier molecular flexibility index (Phi) is 4.72. The number of carbonyl (C=O) groups is 2. The summed E-state index contributed by atoms with van der Waals surface area (Å²) in [7, 11) is 0. The number of nitrogens with zero attached hydrogens (tertiary/aromatic N) is 2. The van der Waals surface area contributed by atoms with Crippen molar-refractivity contribution >= 4 is 29.3 Å². The molecule has 0 bridgehead atoms. The molecule has 1 fully saturated rings. The molecule has 2 heterocycles. The second-order valence-electron chi connectivity index (χ2n) is 6.88. The molecule has 0 aromatic heterocycles. The fraction of sp³-hybridized carbons (Fsp3) is 0.333. The zero-order chi connectivity index (χ0) is 18.1. The van der Waals surface area contributed by atoms with Gasteiger partial charge in [0.15, 0.2) is 0 Å². The maximum absolute atomic E-state index is 13.0. The van der Waals surface area contributed by atoms with Crippen LogP contribution in [0.5, 0.6) is 0 Å². The van der Waals surface area contributed by atoms with Crippen LogP contribution in [-0.4, -0.2) is 36.1 Å². The molecule has 26 heavy (non-hydrogen) atoms. The van der Waals surface area contributed by atoms with Gasteiger partial charge in [-0.3, -0.25) is 9.59 Å². The minimum absolute atomic E-state index is 0.0395. The summed E-state index contributed by atoms with van der Waals surface area (Å²) in [6.45, 7) is 1.87. The lowest BCUT2D eigenvalue weighted by Crippen LogP contribution is -2.40. The highest BCUT2D eigenvalue weighted by molar-refractivity contribution is 7.98. The van der Waals surface area contributed by atoms with Gasteiger partial charge in [-0.1, -0.05) is 24.3 Å². The first-order valence-electron chi connectivity index (χ1n) is 8.95. The Bertz CT molecular complexity index is 834. The third-order valence-electron chi connectivity index (χ3n) is 5.30. The van der Waals surface area contributed by atoms with Crippen LogP contribution in [-0.2, 0) is 22.6 Å². The van der Waals surface area contributed by atoms with Crippen molar-refractivity contribution in [2.24, 2.45) is 5.92 Å². The van der Waals surface area contributed by atoms with Crippen LogP contribution in [0.25, 0.3) is 0 Å². The van der Waals surface area contributed by atoms with E-state index in [1.165, 1.54) is 16.0 Å². The molecule has 2 aliphatic rings. The van der Waals surface area contributed by atoms with E-state index in [9.17, 15) is 9.59 Å². The van der Waals surface area contributed by atoms with Gasteiger partial charge in [-0.15, -0.1) is 11.8 Å². The lowest BCUT2D eigenvalue weighted by Gasteiger charge is -2.30. The van der Waals surface area contributed by atoms with Gasteiger partial charge in [0.1, 0.15) is 0 Å². The number of anilines is 1. The summed E-state index contributed by atoms with van der Waals surface area (Å²) in [5.41, 5.74) is 3.43. The highest BCUT2D eigenvalue weighted by Gasteiger charge is 2.37. The SMILES string of the molecule is CSc1ccc(N2CC(C(=O)N3CCc4ccccc4C3)CC2=O)cc1. The summed E-state index contributed by atoms with van der Waals surface area (Å²) in [6.07, 6.45) is 3.23. The molecule has 4 rings (SSSR count). The van der Waals surface area contributed by atoms with Crippen LogP contribution in [0.2, 0.25) is 0 Å². The van der Waals surface area contributed by atoms with Crippen molar-refractivity contribution in [1.82, 2.24) is 4.90 Å². The minimum Gasteiger partial charge on any atom is -0.338 e. The third-order valence-corrected chi connectivity index (χ3v) is 6.04. The highest BCUT2D eigenvalue weighted by atomic mass is 32.2. The monoisotopic (exact) mass is 366 g/mol. The number of hydrogen-bond donors (Lipinski definition) is 0. The van der Waals surface area contributed by atoms with Crippen LogP contribution in [0, 0.1) is 5.92 Å². The zero-order valence-corrected chi connectivity index (χ0v) is 15.7. The largest absolute Gasteiger partial charge is 0.338 e. The summed E-state index contributed by atoms with van der Waals surface area (Å²) in [5.74, 6) is -0.0956. The van der Waals surface area contributed by atoms with E-state index in [2.05, 4.69) is 12.1 Å². The van der Waals surface area contributed by atoms with Crippen LogP contribution in [0.3, 0.4) is 0 Å². The van der Waals surface area contributed by atoms with Crippen LogP contribution < -0.4 is 4.90 Å². The van der Waals surface area contributed by atoms with Gasteiger partial charge in [0.25, 0.3) is 0 Å². The Morgan fingerprint density at radius 1 is 1.08 bits per heavy atom. The lowest BCUT2D eigenvalue weighted by molar-refractivity contribution is -0.136. The van der Waals surface area contributed by atoms with Crippen LogP contribution in [0.1, 0.15) is 17.5 Å². The van der Waals surface area contributed by atoms with Crippen LogP contribution >= 0.6 is 11.8 Å². The fourth-order valence-corrected chi connectivity index (χ4v) is 4.23. The zero-order valence-electron chi connectivity index (χ0n) is 14.9. The molecule has 2 amide bonds. The van der Waals surface area contributed by atoms with Crippen LogP contribution in [0.4, 0.5) is 5.69 Å². The topological polar surface area (TPSA) is 40.6 Å². The normalized spacial score (nSPS) is 19.6. The van der Waals surface area contributed by atoms with E-state index in [4.69, 9.17) is 0 Å². The van der Waals surface area contributed by atoms with E-state index in [1.54, 1.807) is 16.7 Å². The van der Waals surface area contributed by atoms with Crippen molar-refractivity contribution in [2.75, 3.05) is 24.2 Å². The van der Waals surface area contributed by atoms with E-state index in [0.29, 0.717) is 19.5 Å². The van der Waals surface area contributed by atoms with Crippen molar-refractivity contribution < 1.29 is 9.59 Å². The third kappa shape index (κ3) is 3.23. The predicted molar refractivity (Wildman–Crippen MR) is 104 cm³/mol. The first kappa shape index (κ1) is 17.2. The Hall–Kier alpha value is -2.27. The number of carbonyl (C=O) groups excluding carboxylic acids is 2. The number of hydrogen-bond acceptors (Lipinski definition) is 3. The van der Waals surface area contributed by atoms with Crippen molar-refractivity contribution in [3.63, 3.8) is 0 Å². The summed E-state index contributed by atoms with van der Waals surface area (Å²) < 4.78 is 0. The summed E-state index contributed by atoms with van der Waals surface area (Å²) in [5, 5.41) is 0. The summed E-state index contributed by atoms with van der Waals surface area (Å²) in [6, 6.07) is 16.3. The molecule has 0 spiro atoms. The molecule has 2 aliphatic heterocycles. The first-order chi connectivity index (χ1) is 12.7. The Morgan fingerprint density at radius 3 is 2.54 bits per heavy atom. The Labute approximate surface area is 158 Å². The lowest BCUT2D eigenvalue weighted by atomic mass is 9.98. The van der Waals surface area contributed by atoms with E-state index in [0.717, 1.165) is 18.7 Å². The molecule has 1 atom stereocenters. The molecule has 0 saturated carbocycles. The fourth-order valence-electron chi connectivity index (χ4n) is 3.83. The maximum atomic E-state index is 13.0. The van der Waals surface area contributed by atoms with Crippen molar-refractivity contribution in [2.45, 2.75) is 24.3 Å². The standard InChI is InChI=1S/C21H22N2O2S/c1-26-19-8-6-18(7-9-19)23-14-17(12-20(23)24)21(25)22-11-10-15-4-2-3-5-16(15)13-22/h2-9,17H,10-14H2,1H3.